The summed E-state index contributed by atoms with van der Waals surface area (Å²) in [5.41, 5.74) is 0. The second kappa shape index (κ2) is 6.95. The Hall–Kier alpha value is -1.26. The van der Waals surface area contributed by atoms with Gasteiger partial charge in [-0.05, 0) is 37.5 Å². The minimum atomic E-state index is -0.808. The van der Waals surface area contributed by atoms with E-state index in [1.165, 1.54) is 25.7 Å². The molecule has 1 heterocycles. The fourth-order valence-electron chi connectivity index (χ4n) is 3.61. The van der Waals surface area contributed by atoms with Crippen molar-refractivity contribution in [2.24, 2.45) is 11.8 Å². The van der Waals surface area contributed by atoms with Crippen molar-refractivity contribution >= 4 is 12.0 Å². The first-order valence-corrected chi connectivity index (χ1v) is 7.84. The molecule has 0 aromatic heterocycles. The van der Waals surface area contributed by atoms with Gasteiger partial charge in [-0.2, -0.15) is 0 Å². The van der Waals surface area contributed by atoms with Gasteiger partial charge in [0.05, 0.1) is 0 Å². The van der Waals surface area contributed by atoms with Crippen LogP contribution in [0, 0.1) is 11.8 Å². The van der Waals surface area contributed by atoms with E-state index in [-0.39, 0.29) is 18.4 Å². The van der Waals surface area contributed by atoms with E-state index < -0.39 is 5.97 Å². The molecule has 1 aliphatic heterocycles. The summed E-state index contributed by atoms with van der Waals surface area (Å²) in [5.74, 6) is -0.153. The number of nitrogens with one attached hydrogen (secondary N) is 1. The van der Waals surface area contributed by atoms with Crippen LogP contribution in [0.4, 0.5) is 4.79 Å². The molecule has 1 saturated heterocycles. The maximum atomic E-state index is 12.3. The fraction of sp³-hybridized carbons (Fsp3) is 0.867. The minimum Gasteiger partial charge on any atom is -0.481 e. The molecule has 0 radical (unpaired) electrons. The molecule has 0 aromatic rings. The first-order valence-electron chi connectivity index (χ1n) is 7.84. The molecule has 114 valence electrons. The second-order valence-corrected chi connectivity index (χ2v) is 6.34. The SMILES string of the molecule is CC(CNC(=O)N1CCCC2CCCCC21)CC(=O)O. The molecule has 2 rings (SSSR count). The number of carboxylic acid groups (broad SMARTS) is 1. The zero-order valence-corrected chi connectivity index (χ0v) is 12.3. The Morgan fingerprint density at radius 3 is 2.70 bits per heavy atom. The molecule has 0 aromatic carbocycles. The lowest BCUT2D eigenvalue weighted by molar-refractivity contribution is -0.137. The monoisotopic (exact) mass is 282 g/mol. The number of carbonyl (C=O) groups is 2. The van der Waals surface area contributed by atoms with Gasteiger partial charge in [-0.25, -0.2) is 4.79 Å². The summed E-state index contributed by atoms with van der Waals surface area (Å²) in [6, 6.07) is 0.408. The van der Waals surface area contributed by atoms with Gasteiger partial charge >= 0.3 is 12.0 Å². The van der Waals surface area contributed by atoms with Crippen molar-refractivity contribution in [1.29, 1.82) is 0 Å². The maximum Gasteiger partial charge on any atom is 0.317 e. The first kappa shape index (κ1) is 15.1. The molecule has 5 heteroatoms. The van der Waals surface area contributed by atoms with E-state index in [4.69, 9.17) is 5.11 Å². The smallest absolute Gasteiger partial charge is 0.317 e. The van der Waals surface area contributed by atoms with Gasteiger partial charge in [0.15, 0.2) is 0 Å². The zero-order chi connectivity index (χ0) is 14.5. The van der Waals surface area contributed by atoms with Crippen LogP contribution in [0.3, 0.4) is 0 Å². The largest absolute Gasteiger partial charge is 0.481 e. The van der Waals surface area contributed by atoms with Gasteiger partial charge < -0.3 is 15.3 Å². The Balaban J connectivity index is 1.83. The molecule has 2 amide bonds. The van der Waals surface area contributed by atoms with Crippen LogP contribution in [0.5, 0.6) is 0 Å². The van der Waals surface area contributed by atoms with E-state index >= 15 is 0 Å². The summed E-state index contributed by atoms with van der Waals surface area (Å²) < 4.78 is 0. The van der Waals surface area contributed by atoms with Gasteiger partial charge in [-0.1, -0.05) is 19.8 Å². The molecule has 20 heavy (non-hydrogen) atoms. The molecule has 2 fully saturated rings. The predicted octanol–water partition coefficient (Wildman–Crippen LogP) is 2.46. The predicted molar refractivity (Wildman–Crippen MR) is 76.5 cm³/mol. The lowest BCUT2D eigenvalue weighted by Crippen LogP contribution is -2.53. The molecular formula is C15H26N2O3. The molecule has 0 bridgehead atoms. The van der Waals surface area contributed by atoms with Crippen molar-refractivity contribution in [3.8, 4) is 0 Å². The number of piperidine rings is 1. The van der Waals surface area contributed by atoms with E-state index in [1.807, 2.05) is 11.8 Å². The molecule has 5 nitrogen and oxygen atoms in total. The third-order valence-corrected chi connectivity index (χ3v) is 4.63. The van der Waals surface area contributed by atoms with E-state index in [0.717, 1.165) is 19.4 Å². The molecule has 3 atom stereocenters. The average molecular weight is 282 g/mol. The zero-order valence-electron chi connectivity index (χ0n) is 12.3. The van der Waals surface area contributed by atoms with Crippen molar-refractivity contribution < 1.29 is 14.7 Å². The summed E-state index contributed by atoms with van der Waals surface area (Å²) in [5, 5.41) is 11.6. The van der Waals surface area contributed by atoms with E-state index in [1.54, 1.807) is 0 Å². The third kappa shape index (κ3) is 3.87. The lowest BCUT2D eigenvalue weighted by Gasteiger charge is -2.44. The number of rotatable bonds is 4. The van der Waals surface area contributed by atoms with Crippen molar-refractivity contribution in [2.45, 2.75) is 57.9 Å². The highest BCUT2D eigenvalue weighted by atomic mass is 16.4. The van der Waals surface area contributed by atoms with Crippen LogP contribution < -0.4 is 5.32 Å². The van der Waals surface area contributed by atoms with Crippen molar-refractivity contribution in [1.82, 2.24) is 10.2 Å². The number of likely N-dealkylation sites (tertiary alicyclic amines) is 1. The number of amides is 2. The number of hydrogen-bond acceptors (Lipinski definition) is 2. The summed E-state index contributed by atoms with van der Waals surface area (Å²) in [6.07, 6.45) is 7.36. The third-order valence-electron chi connectivity index (χ3n) is 4.63. The van der Waals surface area contributed by atoms with Crippen LogP contribution in [0.15, 0.2) is 0 Å². The number of hydrogen-bond donors (Lipinski definition) is 2. The summed E-state index contributed by atoms with van der Waals surface area (Å²) >= 11 is 0. The van der Waals surface area contributed by atoms with Gasteiger partial charge in [0.1, 0.15) is 0 Å². The van der Waals surface area contributed by atoms with Gasteiger partial charge in [-0.15, -0.1) is 0 Å². The first-order chi connectivity index (χ1) is 9.58. The Labute approximate surface area is 120 Å². The molecule has 3 unspecified atom stereocenters. The molecular weight excluding hydrogens is 256 g/mol. The molecule has 1 saturated carbocycles. The van der Waals surface area contributed by atoms with Gasteiger partial charge in [-0.3, -0.25) is 4.79 Å². The number of fused-ring (bicyclic) bond motifs is 1. The number of aliphatic carboxylic acids is 1. The van der Waals surface area contributed by atoms with Crippen molar-refractivity contribution in [3.63, 3.8) is 0 Å². The van der Waals surface area contributed by atoms with Crippen molar-refractivity contribution in [2.75, 3.05) is 13.1 Å². The Morgan fingerprint density at radius 1 is 1.25 bits per heavy atom. The maximum absolute atomic E-state index is 12.3. The second-order valence-electron chi connectivity index (χ2n) is 6.34. The fourth-order valence-corrected chi connectivity index (χ4v) is 3.61. The number of nitrogens with zero attached hydrogens (tertiary/aromatic N) is 1. The standard InChI is InChI=1S/C15H26N2O3/c1-11(9-14(18)19)10-16-15(20)17-8-4-6-12-5-2-3-7-13(12)17/h11-13H,2-10H2,1H3,(H,16,20)(H,18,19). The van der Waals surface area contributed by atoms with Crippen LogP contribution in [-0.2, 0) is 4.79 Å². The van der Waals surface area contributed by atoms with Crippen LogP contribution in [-0.4, -0.2) is 41.1 Å². The highest BCUT2D eigenvalue weighted by Gasteiger charge is 2.35. The minimum absolute atomic E-state index is 0.00108. The van der Waals surface area contributed by atoms with Crippen molar-refractivity contribution in [3.05, 3.63) is 0 Å². The van der Waals surface area contributed by atoms with E-state index in [2.05, 4.69) is 5.32 Å². The molecule has 0 spiro atoms. The van der Waals surface area contributed by atoms with E-state index in [9.17, 15) is 9.59 Å². The molecule has 1 aliphatic carbocycles. The summed E-state index contributed by atoms with van der Waals surface area (Å²) in [6.45, 7) is 3.15. The Morgan fingerprint density at radius 2 is 1.95 bits per heavy atom. The van der Waals surface area contributed by atoms with Gasteiger partial charge in [0.25, 0.3) is 0 Å². The summed E-state index contributed by atoms with van der Waals surface area (Å²) in [4.78, 5) is 24.9. The molecule has 2 aliphatic rings. The Kier molecular flexibility index (Phi) is 5.26. The van der Waals surface area contributed by atoms with Crippen LogP contribution in [0.1, 0.15) is 51.9 Å². The number of carbonyl (C=O) groups excluding carboxylic acids is 1. The average Bonchev–Trinajstić information content (AvgIpc) is 2.43. The highest BCUT2D eigenvalue weighted by molar-refractivity contribution is 5.75. The van der Waals surface area contributed by atoms with Crippen LogP contribution >= 0.6 is 0 Å². The number of carboxylic acids is 1. The number of urea groups is 1. The normalized spacial score (nSPS) is 27.6. The highest BCUT2D eigenvalue weighted by Crippen LogP contribution is 2.35. The quantitative estimate of drug-likeness (QED) is 0.832. The van der Waals surface area contributed by atoms with Gasteiger partial charge in [0, 0.05) is 25.6 Å². The topological polar surface area (TPSA) is 69.6 Å². The van der Waals surface area contributed by atoms with Crippen LogP contribution in [0.2, 0.25) is 0 Å². The molecule has 2 N–H and O–H groups in total. The summed E-state index contributed by atoms with van der Waals surface area (Å²) in [7, 11) is 0. The lowest BCUT2D eigenvalue weighted by atomic mass is 9.78. The van der Waals surface area contributed by atoms with Crippen LogP contribution in [0.25, 0.3) is 0 Å². The van der Waals surface area contributed by atoms with E-state index in [0.29, 0.717) is 18.5 Å². The Bertz CT molecular complexity index is 357. The van der Waals surface area contributed by atoms with Gasteiger partial charge in [0.2, 0.25) is 0 Å².